The molecular weight excluding hydrogens is 387 g/mol. The number of aryl methyl sites for hydroxylation is 1. The van der Waals surface area contributed by atoms with Gasteiger partial charge in [0.2, 0.25) is 11.8 Å². The van der Waals surface area contributed by atoms with E-state index in [9.17, 15) is 14.4 Å². The third-order valence-corrected chi connectivity index (χ3v) is 5.79. The van der Waals surface area contributed by atoms with Gasteiger partial charge >= 0.3 is 6.09 Å². The number of hydrogen-bond donors (Lipinski definition) is 1. The number of nitrogens with one attached hydrogen (secondary N) is 1. The predicted molar refractivity (Wildman–Crippen MR) is 111 cm³/mol. The van der Waals surface area contributed by atoms with Crippen molar-refractivity contribution in [2.75, 3.05) is 13.1 Å². The van der Waals surface area contributed by atoms with E-state index in [4.69, 9.17) is 4.74 Å². The molecule has 3 rings (SSSR count). The first-order valence-electron chi connectivity index (χ1n) is 10.6. The largest absolute Gasteiger partial charge is 0.444 e. The quantitative estimate of drug-likeness (QED) is 0.753. The molecule has 1 aromatic carbocycles. The fourth-order valence-electron chi connectivity index (χ4n) is 3.96. The second-order valence-electron chi connectivity index (χ2n) is 9.36. The molecule has 0 unspecified atom stereocenters. The Labute approximate surface area is 177 Å². The van der Waals surface area contributed by atoms with Crippen LogP contribution in [0.3, 0.4) is 0 Å². The molecule has 0 saturated carbocycles. The summed E-state index contributed by atoms with van der Waals surface area (Å²) in [6, 6.07) is 7.65. The maximum Gasteiger partial charge on any atom is 0.410 e. The zero-order chi connectivity index (χ0) is 21.9. The van der Waals surface area contributed by atoms with E-state index in [1.54, 1.807) is 4.90 Å². The van der Waals surface area contributed by atoms with Crippen LogP contribution >= 0.6 is 0 Å². The van der Waals surface area contributed by atoms with Gasteiger partial charge in [0.05, 0.1) is 5.92 Å². The molecule has 0 aromatic heterocycles. The summed E-state index contributed by atoms with van der Waals surface area (Å²) in [6.45, 7) is 6.18. The Balaban J connectivity index is 1.49. The van der Waals surface area contributed by atoms with Crippen LogP contribution in [-0.4, -0.2) is 47.2 Å². The number of carbonyl (C=O) groups is 3. The minimum Gasteiger partial charge on any atom is -0.444 e. The van der Waals surface area contributed by atoms with E-state index >= 15 is 4.39 Å². The molecular formula is C23H31FN2O4. The molecule has 1 N–H and O–H groups in total. The van der Waals surface area contributed by atoms with Crippen LogP contribution in [0.1, 0.15) is 69.9 Å². The number of nitrogens with zero attached hydrogens (tertiary/aromatic N) is 1. The summed E-state index contributed by atoms with van der Waals surface area (Å²) in [5.74, 6) is -0.779. The Bertz CT molecular complexity index is 792. The van der Waals surface area contributed by atoms with Crippen LogP contribution in [0.25, 0.3) is 0 Å². The Hall–Kier alpha value is -2.44. The molecule has 0 bridgehead atoms. The van der Waals surface area contributed by atoms with Crippen molar-refractivity contribution in [1.29, 1.82) is 0 Å². The number of ether oxygens (including phenoxy) is 1. The van der Waals surface area contributed by atoms with E-state index in [2.05, 4.69) is 5.32 Å². The van der Waals surface area contributed by atoms with Crippen molar-refractivity contribution >= 4 is 17.9 Å². The van der Waals surface area contributed by atoms with Crippen molar-refractivity contribution in [3.63, 3.8) is 0 Å². The van der Waals surface area contributed by atoms with Crippen molar-refractivity contribution in [2.24, 2.45) is 0 Å². The number of hydrogen-bond acceptors (Lipinski definition) is 4. The summed E-state index contributed by atoms with van der Waals surface area (Å²) < 4.78 is 20.6. The number of benzene rings is 1. The maximum absolute atomic E-state index is 15.2. The van der Waals surface area contributed by atoms with E-state index < -0.39 is 11.3 Å². The lowest BCUT2D eigenvalue weighted by atomic mass is 9.86. The first kappa shape index (κ1) is 22.2. The molecule has 2 aliphatic heterocycles. The van der Waals surface area contributed by atoms with Crippen LogP contribution in [-0.2, 0) is 20.7 Å². The van der Waals surface area contributed by atoms with Gasteiger partial charge in [0.15, 0.2) is 0 Å². The average Bonchev–Trinajstić information content (AvgIpc) is 2.66. The molecule has 2 saturated heterocycles. The standard InChI is InChI=1S/C23H31FN2O4/c1-22(2,3)30-21(29)26-14-12-23(24,13-15-26)11-10-16-4-6-17(7-5-16)18-8-9-19(27)25-20(18)28/h4-7,18H,8-15H2,1-3H3,(H,25,27,28)/t18-/m0/s1. The van der Waals surface area contributed by atoms with Crippen LogP contribution in [0.2, 0.25) is 0 Å². The van der Waals surface area contributed by atoms with Crippen LogP contribution in [0.15, 0.2) is 24.3 Å². The SMILES string of the molecule is CC(C)(C)OC(=O)N1CCC(F)(CCc2ccc([C@@H]3CCC(=O)NC3=O)cc2)CC1. The molecule has 3 amide bonds. The van der Waals surface area contributed by atoms with E-state index in [1.165, 1.54) is 0 Å². The number of imide groups is 1. The van der Waals surface area contributed by atoms with E-state index in [0.29, 0.717) is 51.6 Å². The van der Waals surface area contributed by atoms with Crippen LogP contribution in [0, 0.1) is 0 Å². The summed E-state index contributed by atoms with van der Waals surface area (Å²) >= 11 is 0. The highest BCUT2D eigenvalue weighted by molar-refractivity contribution is 6.00. The Morgan fingerprint density at radius 1 is 1.20 bits per heavy atom. The normalized spacial score (nSPS) is 21.9. The molecule has 0 aliphatic carbocycles. The maximum atomic E-state index is 15.2. The summed E-state index contributed by atoms with van der Waals surface area (Å²) in [5, 5.41) is 2.38. The van der Waals surface area contributed by atoms with Crippen molar-refractivity contribution in [3.8, 4) is 0 Å². The number of likely N-dealkylation sites (tertiary alicyclic amines) is 1. The highest BCUT2D eigenvalue weighted by Gasteiger charge is 2.37. The number of halogens is 1. The van der Waals surface area contributed by atoms with E-state index in [-0.39, 0.29) is 23.8 Å². The average molecular weight is 419 g/mol. The minimum atomic E-state index is -1.29. The number of carbonyl (C=O) groups excluding carboxylic acids is 3. The fourth-order valence-corrected chi connectivity index (χ4v) is 3.96. The summed E-state index contributed by atoms with van der Waals surface area (Å²) in [7, 11) is 0. The lowest BCUT2D eigenvalue weighted by molar-refractivity contribution is -0.134. The van der Waals surface area contributed by atoms with Crippen LogP contribution in [0.5, 0.6) is 0 Å². The smallest absolute Gasteiger partial charge is 0.410 e. The molecule has 6 nitrogen and oxygen atoms in total. The van der Waals surface area contributed by atoms with Gasteiger partial charge in [-0.1, -0.05) is 24.3 Å². The van der Waals surface area contributed by atoms with Gasteiger partial charge < -0.3 is 9.64 Å². The second-order valence-corrected chi connectivity index (χ2v) is 9.36. The number of piperidine rings is 2. The zero-order valence-electron chi connectivity index (χ0n) is 18.0. The lowest BCUT2D eigenvalue weighted by Gasteiger charge is -2.37. The lowest BCUT2D eigenvalue weighted by Crippen LogP contribution is -2.46. The third-order valence-electron chi connectivity index (χ3n) is 5.79. The predicted octanol–water partition coefficient (Wildman–Crippen LogP) is 3.88. The number of alkyl halides is 1. The highest BCUT2D eigenvalue weighted by Crippen LogP contribution is 2.32. The summed E-state index contributed by atoms with van der Waals surface area (Å²) in [4.78, 5) is 37.0. The van der Waals surface area contributed by atoms with Gasteiger partial charge in [-0.2, -0.15) is 0 Å². The van der Waals surface area contributed by atoms with Gasteiger partial charge in [-0.15, -0.1) is 0 Å². The van der Waals surface area contributed by atoms with Gasteiger partial charge in [-0.3, -0.25) is 14.9 Å². The first-order chi connectivity index (χ1) is 14.0. The molecule has 30 heavy (non-hydrogen) atoms. The molecule has 1 atom stereocenters. The van der Waals surface area contributed by atoms with Gasteiger partial charge in [0.1, 0.15) is 11.3 Å². The Kier molecular flexibility index (Phi) is 6.48. The second kappa shape index (κ2) is 8.74. The Morgan fingerprint density at radius 2 is 1.83 bits per heavy atom. The first-order valence-corrected chi connectivity index (χ1v) is 10.6. The summed E-state index contributed by atoms with van der Waals surface area (Å²) in [6.07, 6.45) is 2.09. The fraction of sp³-hybridized carbons (Fsp3) is 0.609. The van der Waals surface area contributed by atoms with Gasteiger partial charge in [0.25, 0.3) is 0 Å². The molecule has 2 heterocycles. The summed E-state index contributed by atoms with van der Waals surface area (Å²) in [5.41, 5.74) is 0.0456. The van der Waals surface area contributed by atoms with Gasteiger partial charge in [-0.25, -0.2) is 9.18 Å². The molecule has 2 fully saturated rings. The number of amides is 3. The van der Waals surface area contributed by atoms with Crippen molar-refractivity contribution in [2.45, 2.75) is 76.5 Å². The topological polar surface area (TPSA) is 75.7 Å². The van der Waals surface area contributed by atoms with Gasteiger partial charge in [0, 0.05) is 19.5 Å². The zero-order valence-corrected chi connectivity index (χ0v) is 18.0. The molecule has 1 aromatic rings. The van der Waals surface area contributed by atoms with E-state index in [1.807, 2.05) is 45.0 Å². The Morgan fingerprint density at radius 3 is 2.40 bits per heavy atom. The number of rotatable bonds is 4. The monoisotopic (exact) mass is 418 g/mol. The molecule has 7 heteroatoms. The molecule has 2 aliphatic rings. The van der Waals surface area contributed by atoms with Crippen molar-refractivity contribution in [3.05, 3.63) is 35.4 Å². The van der Waals surface area contributed by atoms with Crippen LogP contribution in [0.4, 0.5) is 9.18 Å². The van der Waals surface area contributed by atoms with Crippen LogP contribution < -0.4 is 5.32 Å². The molecule has 0 radical (unpaired) electrons. The van der Waals surface area contributed by atoms with Crippen molar-refractivity contribution < 1.29 is 23.5 Å². The van der Waals surface area contributed by atoms with Gasteiger partial charge in [-0.05, 0) is 64.0 Å². The molecule has 0 spiro atoms. The third kappa shape index (κ3) is 5.80. The van der Waals surface area contributed by atoms with E-state index in [0.717, 1.165) is 11.1 Å². The highest BCUT2D eigenvalue weighted by atomic mass is 19.1. The minimum absolute atomic E-state index is 0.223. The van der Waals surface area contributed by atoms with Crippen molar-refractivity contribution in [1.82, 2.24) is 10.2 Å². The molecule has 164 valence electrons.